The van der Waals surface area contributed by atoms with Gasteiger partial charge in [0.25, 0.3) is 0 Å². The number of aliphatic hydroxyl groups excluding tert-OH is 1. The molecule has 0 saturated carbocycles. The summed E-state index contributed by atoms with van der Waals surface area (Å²) in [5.41, 5.74) is 11.2. The Labute approximate surface area is 198 Å². The molecule has 7 nitrogen and oxygen atoms in total. The van der Waals surface area contributed by atoms with Gasteiger partial charge in [-0.15, -0.1) is 11.6 Å². The molecule has 0 aliphatic rings. The van der Waals surface area contributed by atoms with Gasteiger partial charge < -0.3 is 10.8 Å². The van der Waals surface area contributed by atoms with Crippen LogP contribution >= 0.6 is 11.6 Å². The topological polar surface area (TPSA) is 103 Å². The maximum Gasteiger partial charge on any atom is 0.185 e. The van der Waals surface area contributed by atoms with E-state index in [2.05, 4.69) is 9.97 Å². The van der Waals surface area contributed by atoms with Crippen molar-refractivity contribution < 1.29 is 13.9 Å². The number of aromatic nitrogens is 5. The number of nitrogens with zero attached hydrogens (tertiary/aromatic N) is 5. The third-order valence-corrected chi connectivity index (χ3v) is 5.23. The summed E-state index contributed by atoms with van der Waals surface area (Å²) >= 11 is 5.96. The number of benzene rings is 1. The van der Waals surface area contributed by atoms with Crippen LogP contribution in [0, 0.1) is 5.82 Å². The van der Waals surface area contributed by atoms with Crippen molar-refractivity contribution in [2.45, 2.75) is 5.88 Å². The van der Waals surface area contributed by atoms with E-state index in [9.17, 15) is 8.78 Å². The predicted molar refractivity (Wildman–Crippen MR) is 127 cm³/mol. The summed E-state index contributed by atoms with van der Waals surface area (Å²) in [7, 11) is 0. The maximum atomic E-state index is 13.3. The van der Waals surface area contributed by atoms with Crippen LogP contribution in [0.2, 0.25) is 0 Å². The fraction of sp³-hybridized carbons (Fsp3) is 0.0833. The van der Waals surface area contributed by atoms with Crippen LogP contribution in [0.15, 0.2) is 73.1 Å². The van der Waals surface area contributed by atoms with Gasteiger partial charge in [0.15, 0.2) is 18.3 Å². The van der Waals surface area contributed by atoms with Crippen LogP contribution in [0.5, 0.6) is 0 Å². The van der Waals surface area contributed by atoms with Crippen LogP contribution < -0.4 is 5.73 Å². The summed E-state index contributed by atoms with van der Waals surface area (Å²) in [6.07, 6.45) is 2.81. The molecule has 0 aliphatic heterocycles. The Kier molecular flexibility index (Phi) is 7.05. The van der Waals surface area contributed by atoms with Crippen LogP contribution in [-0.2, 0) is 5.88 Å². The largest absolute Gasteiger partial charge is 0.383 e. The summed E-state index contributed by atoms with van der Waals surface area (Å²) in [5, 5.41) is 6.90. The number of aliphatic hydroxyl groups is 1. The van der Waals surface area contributed by atoms with Gasteiger partial charge in [0.05, 0.1) is 23.1 Å². The first kappa shape index (κ1) is 23.2. The molecule has 1 aromatic carbocycles. The van der Waals surface area contributed by atoms with Crippen molar-refractivity contribution in [3.05, 3.63) is 84.4 Å². The van der Waals surface area contributed by atoms with E-state index in [1.54, 1.807) is 12.3 Å². The van der Waals surface area contributed by atoms with E-state index in [1.165, 1.54) is 12.3 Å². The van der Waals surface area contributed by atoms with E-state index in [-0.39, 0.29) is 0 Å². The third kappa shape index (κ3) is 4.70. The van der Waals surface area contributed by atoms with E-state index in [4.69, 9.17) is 32.4 Å². The average molecular weight is 481 g/mol. The highest BCUT2D eigenvalue weighted by atomic mass is 35.5. The zero-order valence-electron chi connectivity index (χ0n) is 17.7. The molecular formula is C24H19ClF2N6O. The molecule has 4 heterocycles. The van der Waals surface area contributed by atoms with E-state index in [0.717, 1.165) is 11.3 Å². The number of nitrogens with two attached hydrogens (primary N) is 1. The maximum absolute atomic E-state index is 13.3. The Bertz CT molecular complexity index is 1410. The molecule has 0 atom stereocenters. The molecular weight excluding hydrogens is 462 g/mol. The smallest absolute Gasteiger partial charge is 0.185 e. The van der Waals surface area contributed by atoms with Gasteiger partial charge in [0.2, 0.25) is 0 Å². The molecule has 5 rings (SSSR count). The first-order chi connectivity index (χ1) is 16.5. The minimum absolute atomic E-state index is 0.372. The quantitative estimate of drug-likeness (QED) is 0.354. The zero-order chi connectivity index (χ0) is 24.1. The molecule has 10 heteroatoms. The number of fused-ring (bicyclic) bond motifs is 1. The third-order valence-electron chi connectivity index (χ3n) is 4.92. The van der Waals surface area contributed by atoms with Crippen LogP contribution in [0.4, 0.5) is 14.6 Å². The second-order valence-electron chi connectivity index (χ2n) is 7.03. The number of hydrogen-bond donors (Lipinski definition) is 2. The van der Waals surface area contributed by atoms with E-state index in [0.29, 0.717) is 45.6 Å². The van der Waals surface area contributed by atoms with Crippen molar-refractivity contribution in [2.75, 3.05) is 12.6 Å². The van der Waals surface area contributed by atoms with E-state index < -0.39 is 12.7 Å². The minimum Gasteiger partial charge on any atom is -0.383 e. The lowest BCUT2D eigenvalue weighted by Crippen LogP contribution is -2.02. The molecule has 0 unspecified atom stereocenters. The molecule has 4 aromatic heterocycles. The lowest BCUT2D eigenvalue weighted by atomic mass is 10.2. The van der Waals surface area contributed by atoms with Crippen LogP contribution in [-0.4, -0.2) is 36.5 Å². The predicted octanol–water partition coefficient (Wildman–Crippen LogP) is 4.91. The minimum atomic E-state index is -1.25. The molecule has 0 radical (unpaired) electrons. The van der Waals surface area contributed by atoms with Gasteiger partial charge >= 0.3 is 0 Å². The van der Waals surface area contributed by atoms with Crippen molar-refractivity contribution in [1.82, 2.24) is 24.5 Å². The number of nitrogen functional groups attached to an aromatic ring is 1. The number of imidazole rings is 1. The summed E-state index contributed by atoms with van der Waals surface area (Å²) in [4.78, 5) is 17.9. The number of pyridine rings is 3. The molecule has 0 spiro atoms. The van der Waals surface area contributed by atoms with E-state index in [1.807, 2.05) is 53.1 Å². The Morgan fingerprint density at radius 1 is 0.941 bits per heavy atom. The Morgan fingerprint density at radius 2 is 1.68 bits per heavy atom. The Morgan fingerprint density at radius 3 is 2.32 bits per heavy atom. The van der Waals surface area contributed by atoms with Crippen molar-refractivity contribution in [3.63, 3.8) is 0 Å². The van der Waals surface area contributed by atoms with Gasteiger partial charge in [-0.3, -0.25) is 9.55 Å². The van der Waals surface area contributed by atoms with E-state index >= 15 is 0 Å². The number of halogens is 3. The number of anilines is 1. The normalized spacial score (nSPS) is 10.7. The van der Waals surface area contributed by atoms with Gasteiger partial charge in [-0.05, 0) is 54.1 Å². The van der Waals surface area contributed by atoms with Crippen molar-refractivity contribution in [3.8, 4) is 28.5 Å². The fourth-order valence-electron chi connectivity index (χ4n) is 3.39. The lowest BCUT2D eigenvalue weighted by molar-refractivity contribution is 0.168. The first-order valence-electron chi connectivity index (χ1n) is 10.1. The molecule has 34 heavy (non-hydrogen) atoms. The lowest BCUT2D eigenvalue weighted by Gasteiger charge is -2.11. The number of hydrogen-bond acceptors (Lipinski definition) is 6. The molecule has 5 aromatic rings. The molecule has 0 bridgehead atoms. The molecule has 3 N–H and O–H groups in total. The second kappa shape index (κ2) is 10.3. The van der Waals surface area contributed by atoms with Gasteiger partial charge in [0.1, 0.15) is 17.2 Å². The molecule has 172 valence electrons. The molecule has 0 aliphatic carbocycles. The van der Waals surface area contributed by atoms with Crippen LogP contribution in [0.1, 0.15) is 5.56 Å². The Balaban J connectivity index is 0.000000868. The fourth-order valence-corrected chi connectivity index (χ4v) is 3.57. The van der Waals surface area contributed by atoms with Crippen molar-refractivity contribution in [2.24, 2.45) is 0 Å². The Hall–Kier alpha value is -3.95. The van der Waals surface area contributed by atoms with Crippen LogP contribution in [0.25, 0.3) is 39.6 Å². The standard InChI is InChI=1S/C23H16ClFN6.CH3FO/c24-12-14-3-6-16(7-4-14)31-22(17-2-1-11-27-21(17)26)30-20-10-9-19(29-23(20)31)18-8-5-15(25)13-28-18;2-1-3/h1-11,13H,12H2,(H2,26,27);3H,1H2. The van der Waals surface area contributed by atoms with Crippen molar-refractivity contribution in [1.29, 1.82) is 0 Å². The first-order valence-corrected chi connectivity index (χ1v) is 10.6. The SMILES string of the molecule is Nc1ncccc1-c1nc2ccc(-c3ccc(F)cn3)nc2n1-c1ccc(CCl)cc1.OCF. The second-order valence-corrected chi connectivity index (χ2v) is 7.29. The summed E-state index contributed by atoms with van der Waals surface area (Å²) in [6, 6.07) is 18.1. The summed E-state index contributed by atoms with van der Waals surface area (Å²) in [5.74, 6) is 1.02. The number of rotatable bonds is 4. The zero-order valence-corrected chi connectivity index (χ0v) is 18.5. The van der Waals surface area contributed by atoms with Crippen molar-refractivity contribution >= 4 is 28.6 Å². The average Bonchev–Trinajstić information content (AvgIpc) is 3.24. The number of alkyl halides is 2. The van der Waals surface area contributed by atoms with Gasteiger partial charge in [-0.25, -0.2) is 23.7 Å². The molecule has 0 fully saturated rings. The highest BCUT2D eigenvalue weighted by molar-refractivity contribution is 6.17. The van der Waals surface area contributed by atoms with Crippen LogP contribution in [0.3, 0.4) is 0 Å². The van der Waals surface area contributed by atoms with Gasteiger partial charge in [-0.2, -0.15) is 0 Å². The molecule has 0 amide bonds. The highest BCUT2D eigenvalue weighted by Crippen LogP contribution is 2.31. The summed E-state index contributed by atoms with van der Waals surface area (Å²) < 4.78 is 25.1. The van der Waals surface area contributed by atoms with Gasteiger partial charge in [0, 0.05) is 17.8 Å². The monoisotopic (exact) mass is 480 g/mol. The molecule has 0 saturated heterocycles. The van der Waals surface area contributed by atoms with Gasteiger partial charge in [-0.1, -0.05) is 12.1 Å². The highest BCUT2D eigenvalue weighted by Gasteiger charge is 2.18. The summed E-state index contributed by atoms with van der Waals surface area (Å²) in [6.45, 7) is -1.25.